The Hall–Kier alpha value is -2.48. The van der Waals surface area contributed by atoms with Crippen LogP contribution in [0.4, 0.5) is 0 Å². The molecule has 0 radical (unpaired) electrons. The highest BCUT2D eigenvalue weighted by molar-refractivity contribution is 6.10. The minimum atomic E-state index is 0.167. The Bertz CT molecular complexity index is 931. The summed E-state index contributed by atoms with van der Waals surface area (Å²) in [4.78, 5) is 17.2. The standard InChI is InChI=1S/C22H23NO/c1-6-20(24)19-12-16(5)23-22-17(19)8-7-9-18(22)21-14(3)10-13(2)11-15(21)4/h7-12H,6H2,1-5H3. The normalized spacial score (nSPS) is 11.0. The molecule has 0 saturated heterocycles. The van der Waals surface area contributed by atoms with Gasteiger partial charge in [-0.05, 0) is 50.5 Å². The van der Waals surface area contributed by atoms with Crippen LogP contribution in [0, 0.1) is 27.7 Å². The van der Waals surface area contributed by atoms with Crippen LogP contribution in [0.25, 0.3) is 22.0 Å². The van der Waals surface area contributed by atoms with E-state index in [1.807, 2.05) is 32.0 Å². The lowest BCUT2D eigenvalue weighted by Crippen LogP contribution is -2.02. The Balaban J connectivity index is 2.40. The van der Waals surface area contributed by atoms with Gasteiger partial charge in [-0.2, -0.15) is 0 Å². The maximum Gasteiger partial charge on any atom is 0.163 e. The number of hydrogen-bond donors (Lipinski definition) is 0. The maximum atomic E-state index is 12.4. The molecule has 0 amide bonds. The predicted molar refractivity (Wildman–Crippen MR) is 101 cm³/mol. The van der Waals surface area contributed by atoms with Crippen LogP contribution in [-0.4, -0.2) is 10.8 Å². The number of aryl methyl sites for hydroxylation is 4. The van der Waals surface area contributed by atoms with Crippen molar-refractivity contribution in [3.05, 3.63) is 64.3 Å². The number of carbonyl (C=O) groups is 1. The molecule has 0 atom stereocenters. The maximum absolute atomic E-state index is 12.4. The van der Waals surface area contributed by atoms with Crippen LogP contribution in [0.5, 0.6) is 0 Å². The molecular weight excluding hydrogens is 294 g/mol. The fourth-order valence-corrected chi connectivity index (χ4v) is 3.60. The molecule has 24 heavy (non-hydrogen) atoms. The van der Waals surface area contributed by atoms with Crippen molar-refractivity contribution in [1.29, 1.82) is 0 Å². The molecule has 2 nitrogen and oxygen atoms in total. The number of para-hydroxylation sites is 1. The summed E-state index contributed by atoms with van der Waals surface area (Å²) in [5.74, 6) is 0.167. The van der Waals surface area contributed by atoms with Crippen molar-refractivity contribution in [2.75, 3.05) is 0 Å². The van der Waals surface area contributed by atoms with Gasteiger partial charge in [0.2, 0.25) is 0 Å². The van der Waals surface area contributed by atoms with Crippen molar-refractivity contribution in [3.63, 3.8) is 0 Å². The number of carbonyl (C=O) groups excluding carboxylic acids is 1. The number of rotatable bonds is 3. The monoisotopic (exact) mass is 317 g/mol. The van der Waals surface area contributed by atoms with Crippen molar-refractivity contribution in [3.8, 4) is 11.1 Å². The van der Waals surface area contributed by atoms with Crippen LogP contribution in [0.1, 0.15) is 46.1 Å². The van der Waals surface area contributed by atoms with Crippen LogP contribution in [0.15, 0.2) is 36.4 Å². The van der Waals surface area contributed by atoms with Crippen molar-refractivity contribution in [2.45, 2.75) is 41.0 Å². The zero-order valence-electron chi connectivity index (χ0n) is 15.0. The van der Waals surface area contributed by atoms with Gasteiger partial charge in [-0.3, -0.25) is 9.78 Å². The zero-order chi connectivity index (χ0) is 17.4. The molecule has 0 aliphatic rings. The third-order valence-corrected chi connectivity index (χ3v) is 4.54. The van der Waals surface area contributed by atoms with E-state index < -0.39 is 0 Å². The first-order valence-electron chi connectivity index (χ1n) is 8.44. The summed E-state index contributed by atoms with van der Waals surface area (Å²) in [7, 11) is 0. The van der Waals surface area contributed by atoms with Gasteiger partial charge in [0, 0.05) is 28.6 Å². The molecule has 0 aliphatic heterocycles. The SMILES string of the molecule is CCC(=O)c1cc(C)nc2c(-c3c(C)cc(C)cc3C)cccc12. The molecular formula is C22H23NO. The predicted octanol–water partition coefficient (Wildman–Crippen LogP) is 5.73. The van der Waals surface area contributed by atoms with Crippen LogP contribution in [-0.2, 0) is 0 Å². The van der Waals surface area contributed by atoms with E-state index in [1.165, 1.54) is 22.3 Å². The van der Waals surface area contributed by atoms with E-state index in [9.17, 15) is 4.79 Å². The Morgan fingerprint density at radius 2 is 1.67 bits per heavy atom. The second-order valence-electron chi connectivity index (χ2n) is 6.56. The Morgan fingerprint density at radius 1 is 1.00 bits per heavy atom. The summed E-state index contributed by atoms with van der Waals surface area (Å²) in [6.07, 6.45) is 0.505. The second-order valence-corrected chi connectivity index (χ2v) is 6.56. The first-order chi connectivity index (χ1) is 11.4. The molecule has 0 bridgehead atoms. The molecule has 0 unspecified atom stereocenters. The molecule has 0 N–H and O–H groups in total. The van der Waals surface area contributed by atoms with Gasteiger partial charge in [-0.1, -0.05) is 42.8 Å². The number of fused-ring (bicyclic) bond motifs is 1. The molecule has 1 aromatic heterocycles. The van der Waals surface area contributed by atoms with E-state index in [0.29, 0.717) is 6.42 Å². The van der Waals surface area contributed by atoms with Gasteiger partial charge >= 0.3 is 0 Å². The molecule has 2 aromatic carbocycles. The lowest BCUT2D eigenvalue weighted by atomic mass is 9.91. The molecule has 0 fully saturated rings. The topological polar surface area (TPSA) is 30.0 Å². The highest BCUT2D eigenvalue weighted by atomic mass is 16.1. The minimum Gasteiger partial charge on any atom is -0.294 e. The molecule has 1 heterocycles. The van der Waals surface area contributed by atoms with Gasteiger partial charge in [-0.25, -0.2) is 0 Å². The zero-order valence-corrected chi connectivity index (χ0v) is 15.0. The van der Waals surface area contributed by atoms with E-state index in [1.54, 1.807) is 0 Å². The van der Waals surface area contributed by atoms with Gasteiger partial charge in [0.25, 0.3) is 0 Å². The molecule has 3 rings (SSSR count). The van der Waals surface area contributed by atoms with Crippen LogP contribution in [0.2, 0.25) is 0 Å². The Morgan fingerprint density at radius 3 is 2.29 bits per heavy atom. The van der Waals surface area contributed by atoms with E-state index in [0.717, 1.165) is 27.7 Å². The summed E-state index contributed by atoms with van der Waals surface area (Å²) in [5, 5.41) is 0.948. The second kappa shape index (κ2) is 6.20. The minimum absolute atomic E-state index is 0.167. The number of hydrogen-bond acceptors (Lipinski definition) is 2. The molecule has 0 spiro atoms. The summed E-state index contributed by atoms with van der Waals surface area (Å²) in [5.41, 5.74) is 8.66. The highest BCUT2D eigenvalue weighted by Gasteiger charge is 2.15. The van der Waals surface area contributed by atoms with Crippen LogP contribution in [0.3, 0.4) is 0 Å². The van der Waals surface area contributed by atoms with Crippen molar-refractivity contribution >= 4 is 16.7 Å². The summed E-state index contributed by atoms with van der Waals surface area (Å²) < 4.78 is 0. The first-order valence-corrected chi connectivity index (χ1v) is 8.44. The molecule has 0 aliphatic carbocycles. The third-order valence-electron chi connectivity index (χ3n) is 4.54. The van der Waals surface area contributed by atoms with Gasteiger partial charge in [-0.15, -0.1) is 0 Å². The van der Waals surface area contributed by atoms with E-state index in [2.05, 4.69) is 39.0 Å². The molecule has 3 aromatic rings. The molecule has 2 heteroatoms. The van der Waals surface area contributed by atoms with Crippen molar-refractivity contribution in [1.82, 2.24) is 4.98 Å². The summed E-state index contributed by atoms with van der Waals surface area (Å²) in [6.45, 7) is 10.3. The van der Waals surface area contributed by atoms with E-state index >= 15 is 0 Å². The van der Waals surface area contributed by atoms with Crippen molar-refractivity contribution < 1.29 is 4.79 Å². The van der Waals surface area contributed by atoms with E-state index in [4.69, 9.17) is 4.98 Å². The number of benzene rings is 2. The summed E-state index contributed by atoms with van der Waals surface area (Å²) in [6, 6.07) is 12.5. The van der Waals surface area contributed by atoms with Gasteiger partial charge < -0.3 is 0 Å². The van der Waals surface area contributed by atoms with Gasteiger partial charge in [0.15, 0.2) is 5.78 Å². The number of ketones is 1. The average Bonchev–Trinajstić information content (AvgIpc) is 2.53. The first kappa shape index (κ1) is 16.4. The van der Waals surface area contributed by atoms with Gasteiger partial charge in [0.05, 0.1) is 5.52 Å². The quantitative estimate of drug-likeness (QED) is 0.578. The van der Waals surface area contributed by atoms with Crippen LogP contribution < -0.4 is 0 Å². The lowest BCUT2D eigenvalue weighted by molar-refractivity contribution is 0.0989. The average molecular weight is 317 g/mol. The smallest absolute Gasteiger partial charge is 0.163 e. The van der Waals surface area contributed by atoms with Crippen molar-refractivity contribution in [2.24, 2.45) is 0 Å². The fourth-order valence-electron chi connectivity index (χ4n) is 3.60. The molecule has 122 valence electrons. The molecule has 0 saturated carbocycles. The fraction of sp³-hybridized carbons (Fsp3) is 0.273. The van der Waals surface area contributed by atoms with Gasteiger partial charge in [0.1, 0.15) is 0 Å². The number of Topliss-reactive ketones (excluding diaryl/α,β-unsaturated/α-hetero) is 1. The van der Waals surface area contributed by atoms with Crippen LogP contribution >= 0.6 is 0 Å². The largest absolute Gasteiger partial charge is 0.294 e. The number of nitrogens with zero attached hydrogens (tertiary/aromatic N) is 1. The third kappa shape index (κ3) is 2.73. The Labute approximate surface area is 143 Å². The number of pyridine rings is 1. The Kier molecular flexibility index (Phi) is 4.23. The highest BCUT2D eigenvalue weighted by Crippen LogP contribution is 2.34. The summed E-state index contributed by atoms with van der Waals surface area (Å²) >= 11 is 0. The number of aromatic nitrogens is 1. The van der Waals surface area contributed by atoms with E-state index in [-0.39, 0.29) is 5.78 Å². The lowest BCUT2D eigenvalue weighted by Gasteiger charge is -2.15.